The highest BCUT2D eigenvalue weighted by Gasteiger charge is 2.14. The molecule has 0 atom stereocenters. The Morgan fingerprint density at radius 3 is 2.76 bits per heavy atom. The number of aromatic nitrogens is 2. The lowest BCUT2D eigenvalue weighted by atomic mass is 10.3. The molecule has 1 amide bonds. The smallest absolute Gasteiger partial charge is 0.257 e. The van der Waals surface area contributed by atoms with E-state index in [1.807, 2.05) is 54.9 Å². The van der Waals surface area contributed by atoms with Crippen LogP contribution in [0.1, 0.15) is 15.2 Å². The highest BCUT2D eigenvalue weighted by Crippen LogP contribution is 2.14. The highest BCUT2D eigenvalue weighted by atomic mass is 32.1. The maximum atomic E-state index is 12.4. The van der Waals surface area contributed by atoms with Crippen molar-refractivity contribution < 1.29 is 4.79 Å². The normalized spacial score (nSPS) is 10.5. The molecule has 0 saturated carbocycles. The number of amides is 1. The quantitative estimate of drug-likeness (QED) is 0.741. The lowest BCUT2D eigenvalue weighted by Gasteiger charge is -2.14. The van der Waals surface area contributed by atoms with Gasteiger partial charge in [-0.2, -0.15) is 5.10 Å². The first-order chi connectivity index (χ1) is 10.2. The Morgan fingerprint density at radius 2 is 2.05 bits per heavy atom. The summed E-state index contributed by atoms with van der Waals surface area (Å²) in [6, 6.07) is 13.8. The summed E-state index contributed by atoms with van der Waals surface area (Å²) in [6.45, 7) is 0.618. The molecule has 3 rings (SSSR count). The molecule has 3 aromatic rings. The van der Waals surface area contributed by atoms with Crippen molar-refractivity contribution in [2.24, 2.45) is 0 Å². The Morgan fingerprint density at radius 1 is 1.24 bits per heavy atom. The minimum absolute atomic E-state index is 0.0226. The Kier molecular flexibility index (Phi) is 3.83. The molecule has 0 aliphatic carbocycles. The van der Waals surface area contributed by atoms with Gasteiger partial charge < -0.3 is 4.90 Å². The van der Waals surface area contributed by atoms with Gasteiger partial charge in [-0.25, -0.2) is 4.68 Å². The summed E-state index contributed by atoms with van der Waals surface area (Å²) in [4.78, 5) is 15.3. The molecule has 0 saturated heterocycles. The fraction of sp³-hybridized carbons (Fsp3) is 0.125. The molecule has 0 bridgehead atoms. The number of rotatable bonds is 4. The van der Waals surface area contributed by atoms with E-state index in [9.17, 15) is 4.79 Å². The van der Waals surface area contributed by atoms with Gasteiger partial charge in [0.15, 0.2) is 0 Å². The van der Waals surface area contributed by atoms with Gasteiger partial charge in [0.05, 0.1) is 24.0 Å². The minimum atomic E-state index is -0.0226. The van der Waals surface area contributed by atoms with E-state index in [-0.39, 0.29) is 5.91 Å². The zero-order valence-electron chi connectivity index (χ0n) is 11.6. The molecule has 0 unspecified atom stereocenters. The van der Waals surface area contributed by atoms with Crippen molar-refractivity contribution in [1.82, 2.24) is 14.7 Å². The SMILES string of the molecule is CN(Cc1cccs1)C(=O)c1cnn(-c2ccccc2)c1. The summed E-state index contributed by atoms with van der Waals surface area (Å²) in [5.41, 5.74) is 1.54. The predicted octanol–water partition coefficient (Wildman–Crippen LogP) is 3.21. The monoisotopic (exact) mass is 297 g/mol. The van der Waals surface area contributed by atoms with Crippen LogP contribution in [0.25, 0.3) is 5.69 Å². The molecule has 0 aliphatic heterocycles. The van der Waals surface area contributed by atoms with Gasteiger partial charge in [0.25, 0.3) is 5.91 Å². The lowest BCUT2D eigenvalue weighted by molar-refractivity contribution is 0.0786. The zero-order chi connectivity index (χ0) is 14.7. The van der Waals surface area contributed by atoms with Crippen LogP contribution in [-0.2, 0) is 6.54 Å². The van der Waals surface area contributed by atoms with Crippen LogP contribution in [0.4, 0.5) is 0 Å². The Hall–Kier alpha value is -2.40. The van der Waals surface area contributed by atoms with E-state index in [2.05, 4.69) is 5.10 Å². The number of para-hydroxylation sites is 1. The van der Waals surface area contributed by atoms with Gasteiger partial charge in [-0.15, -0.1) is 11.3 Å². The Bertz CT molecular complexity index is 719. The van der Waals surface area contributed by atoms with Crippen LogP contribution >= 0.6 is 11.3 Å². The second kappa shape index (κ2) is 5.93. The van der Waals surface area contributed by atoms with Crippen LogP contribution < -0.4 is 0 Å². The van der Waals surface area contributed by atoms with E-state index in [0.29, 0.717) is 12.1 Å². The number of carbonyl (C=O) groups excluding carboxylic acids is 1. The molecule has 0 N–H and O–H groups in total. The molecule has 106 valence electrons. The first kappa shape index (κ1) is 13.6. The van der Waals surface area contributed by atoms with E-state index in [1.54, 1.807) is 33.3 Å². The number of benzene rings is 1. The van der Waals surface area contributed by atoms with Crippen molar-refractivity contribution >= 4 is 17.2 Å². The van der Waals surface area contributed by atoms with E-state index in [0.717, 1.165) is 5.69 Å². The Labute approximate surface area is 127 Å². The number of carbonyl (C=O) groups is 1. The summed E-state index contributed by atoms with van der Waals surface area (Å²) in [5, 5.41) is 6.27. The molecular weight excluding hydrogens is 282 g/mol. The highest BCUT2D eigenvalue weighted by molar-refractivity contribution is 7.09. The molecule has 1 aromatic carbocycles. The largest absolute Gasteiger partial charge is 0.336 e. The number of hydrogen-bond acceptors (Lipinski definition) is 3. The average molecular weight is 297 g/mol. The van der Waals surface area contributed by atoms with Crippen molar-refractivity contribution in [2.75, 3.05) is 7.05 Å². The molecule has 2 heterocycles. The van der Waals surface area contributed by atoms with Crippen LogP contribution in [0.2, 0.25) is 0 Å². The minimum Gasteiger partial charge on any atom is -0.336 e. The van der Waals surface area contributed by atoms with E-state index < -0.39 is 0 Å². The van der Waals surface area contributed by atoms with Gasteiger partial charge in [0, 0.05) is 18.1 Å². The number of nitrogens with zero attached hydrogens (tertiary/aromatic N) is 3. The van der Waals surface area contributed by atoms with E-state index in [1.165, 1.54) is 4.88 Å². The predicted molar refractivity (Wildman–Crippen MR) is 83.7 cm³/mol. The molecular formula is C16H15N3OS. The maximum absolute atomic E-state index is 12.4. The third-order valence-electron chi connectivity index (χ3n) is 3.17. The van der Waals surface area contributed by atoms with Gasteiger partial charge >= 0.3 is 0 Å². The van der Waals surface area contributed by atoms with Crippen molar-refractivity contribution in [3.8, 4) is 5.69 Å². The molecule has 2 aromatic heterocycles. The fourth-order valence-corrected chi connectivity index (χ4v) is 2.84. The summed E-state index contributed by atoms with van der Waals surface area (Å²) < 4.78 is 1.71. The average Bonchev–Trinajstić information content (AvgIpc) is 3.18. The summed E-state index contributed by atoms with van der Waals surface area (Å²) in [7, 11) is 1.81. The van der Waals surface area contributed by atoms with E-state index >= 15 is 0 Å². The van der Waals surface area contributed by atoms with Crippen molar-refractivity contribution in [2.45, 2.75) is 6.54 Å². The van der Waals surface area contributed by atoms with Gasteiger partial charge in [-0.1, -0.05) is 24.3 Å². The topological polar surface area (TPSA) is 38.1 Å². The van der Waals surface area contributed by atoms with Crippen LogP contribution in [0, 0.1) is 0 Å². The standard InChI is InChI=1S/C16H15N3OS/c1-18(12-15-8-5-9-21-15)16(20)13-10-17-19(11-13)14-6-3-2-4-7-14/h2-11H,12H2,1H3. The van der Waals surface area contributed by atoms with Gasteiger partial charge in [-0.3, -0.25) is 4.79 Å². The van der Waals surface area contributed by atoms with Crippen molar-refractivity contribution in [1.29, 1.82) is 0 Å². The number of hydrogen-bond donors (Lipinski definition) is 0. The molecule has 0 fully saturated rings. The number of thiophene rings is 1. The first-order valence-electron chi connectivity index (χ1n) is 6.62. The van der Waals surface area contributed by atoms with Crippen molar-refractivity contribution in [3.63, 3.8) is 0 Å². The summed E-state index contributed by atoms with van der Waals surface area (Å²) >= 11 is 1.65. The molecule has 4 nitrogen and oxygen atoms in total. The maximum Gasteiger partial charge on any atom is 0.257 e. The lowest BCUT2D eigenvalue weighted by Crippen LogP contribution is -2.25. The second-order valence-electron chi connectivity index (χ2n) is 4.75. The van der Waals surface area contributed by atoms with Gasteiger partial charge in [-0.05, 0) is 23.6 Å². The van der Waals surface area contributed by atoms with Crippen LogP contribution in [0.3, 0.4) is 0 Å². The van der Waals surface area contributed by atoms with E-state index in [4.69, 9.17) is 0 Å². The molecule has 0 spiro atoms. The summed E-state index contributed by atoms with van der Waals surface area (Å²) in [6.07, 6.45) is 3.38. The third-order valence-corrected chi connectivity index (χ3v) is 4.03. The third kappa shape index (κ3) is 3.03. The summed E-state index contributed by atoms with van der Waals surface area (Å²) in [5.74, 6) is -0.0226. The van der Waals surface area contributed by atoms with Crippen LogP contribution in [0.5, 0.6) is 0 Å². The molecule has 0 aliphatic rings. The fourth-order valence-electron chi connectivity index (χ4n) is 2.08. The zero-order valence-corrected chi connectivity index (χ0v) is 12.5. The second-order valence-corrected chi connectivity index (χ2v) is 5.78. The molecule has 5 heteroatoms. The van der Waals surface area contributed by atoms with Gasteiger partial charge in [0.1, 0.15) is 0 Å². The molecule has 21 heavy (non-hydrogen) atoms. The van der Waals surface area contributed by atoms with Gasteiger partial charge in [0.2, 0.25) is 0 Å². The van der Waals surface area contributed by atoms with Crippen molar-refractivity contribution in [3.05, 3.63) is 70.7 Å². The van der Waals surface area contributed by atoms with Crippen LogP contribution in [0.15, 0.2) is 60.2 Å². The van der Waals surface area contributed by atoms with Crippen LogP contribution in [-0.4, -0.2) is 27.6 Å². The molecule has 0 radical (unpaired) electrons. The Balaban J connectivity index is 1.75. The first-order valence-corrected chi connectivity index (χ1v) is 7.50.